The number of fused-ring (bicyclic) bond motifs is 1. The summed E-state index contributed by atoms with van der Waals surface area (Å²) in [5, 5.41) is 2.52. The minimum absolute atomic E-state index is 0.0459. The van der Waals surface area contributed by atoms with Gasteiger partial charge in [0.15, 0.2) is 17.6 Å². The minimum atomic E-state index is -1.07. The normalized spacial score (nSPS) is 13.4. The maximum absolute atomic E-state index is 13.0. The number of anilines is 1. The molecule has 0 saturated heterocycles. The molecule has 27 heavy (non-hydrogen) atoms. The average molecular weight is 392 g/mol. The second kappa shape index (κ2) is 8.09. The van der Waals surface area contributed by atoms with E-state index >= 15 is 0 Å². The third-order valence-corrected chi connectivity index (χ3v) is 3.97. The first-order valence-electron chi connectivity index (χ1n) is 7.96. The lowest BCUT2D eigenvalue weighted by molar-refractivity contribution is -0.148. The molecule has 0 saturated carbocycles. The summed E-state index contributed by atoms with van der Waals surface area (Å²) in [6, 6.07) is 8.76. The summed E-state index contributed by atoms with van der Waals surface area (Å²) >= 11 is 5.85. The first kappa shape index (κ1) is 18.7. The zero-order chi connectivity index (χ0) is 19.4. The number of carbonyl (C=O) groups excluding carboxylic acids is 2. The maximum atomic E-state index is 13.0. The summed E-state index contributed by atoms with van der Waals surface area (Å²) in [5.41, 5.74) is 0.938. The van der Waals surface area contributed by atoms with Crippen molar-refractivity contribution in [3.05, 3.63) is 58.9 Å². The fraction of sp³-hybridized carbons (Fsp3) is 0.158. The third-order valence-electron chi connectivity index (χ3n) is 3.66. The highest BCUT2D eigenvalue weighted by atomic mass is 35.5. The summed E-state index contributed by atoms with van der Waals surface area (Å²) in [6.45, 7) is 1.58. The first-order chi connectivity index (χ1) is 12.9. The largest absolute Gasteiger partial charge is 0.454 e. The zero-order valence-electron chi connectivity index (χ0n) is 14.2. The fourth-order valence-electron chi connectivity index (χ4n) is 2.27. The van der Waals surface area contributed by atoms with Gasteiger partial charge in [-0.3, -0.25) is 4.79 Å². The van der Waals surface area contributed by atoms with Crippen molar-refractivity contribution in [2.45, 2.75) is 13.0 Å². The van der Waals surface area contributed by atoms with Crippen molar-refractivity contribution < 1.29 is 28.2 Å². The molecule has 1 unspecified atom stereocenters. The van der Waals surface area contributed by atoms with Gasteiger partial charge in [0.2, 0.25) is 6.79 Å². The quantitative estimate of drug-likeness (QED) is 0.620. The van der Waals surface area contributed by atoms with E-state index in [4.69, 9.17) is 25.8 Å². The molecule has 0 fully saturated rings. The van der Waals surface area contributed by atoms with Gasteiger partial charge in [-0.25, -0.2) is 9.18 Å². The SMILES string of the molecule is CC(OC(=O)/C=C/c1ccc2c(c1)OCO2)C(=O)Nc1ccc(F)cc1Cl. The van der Waals surface area contributed by atoms with Crippen molar-refractivity contribution in [3.63, 3.8) is 0 Å². The van der Waals surface area contributed by atoms with Crippen molar-refractivity contribution in [1.82, 2.24) is 0 Å². The molecule has 1 atom stereocenters. The molecule has 0 bridgehead atoms. The van der Waals surface area contributed by atoms with Gasteiger partial charge in [0.25, 0.3) is 5.91 Å². The molecule has 0 radical (unpaired) electrons. The van der Waals surface area contributed by atoms with Crippen LogP contribution in [0.25, 0.3) is 6.08 Å². The summed E-state index contributed by atoms with van der Waals surface area (Å²) in [7, 11) is 0. The molecule has 0 spiro atoms. The van der Waals surface area contributed by atoms with Gasteiger partial charge in [0.1, 0.15) is 5.82 Å². The fourth-order valence-corrected chi connectivity index (χ4v) is 2.49. The molecule has 8 heteroatoms. The van der Waals surface area contributed by atoms with Gasteiger partial charge < -0.3 is 19.5 Å². The standard InChI is InChI=1S/C19H15ClFNO5/c1-11(19(24)22-15-5-4-13(21)9-14(15)20)27-18(23)7-3-12-2-6-16-17(8-12)26-10-25-16/h2-9,11H,10H2,1H3,(H,22,24)/b7-3+. The van der Waals surface area contributed by atoms with Crippen LogP contribution in [0, 0.1) is 5.82 Å². The number of nitrogens with one attached hydrogen (secondary N) is 1. The van der Waals surface area contributed by atoms with Gasteiger partial charge in [-0.1, -0.05) is 17.7 Å². The van der Waals surface area contributed by atoms with E-state index in [1.54, 1.807) is 18.2 Å². The smallest absolute Gasteiger partial charge is 0.331 e. The van der Waals surface area contributed by atoms with Gasteiger partial charge in [-0.15, -0.1) is 0 Å². The Morgan fingerprint density at radius 2 is 2.00 bits per heavy atom. The lowest BCUT2D eigenvalue weighted by Crippen LogP contribution is -2.29. The number of esters is 1. The average Bonchev–Trinajstić information content (AvgIpc) is 3.10. The van der Waals surface area contributed by atoms with E-state index in [-0.39, 0.29) is 17.5 Å². The summed E-state index contributed by atoms with van der Waals surface area (Å²) in [6.07, 6.45) is 1.66. The van der Waals surface area contributed by atoms with Crippen molar-refractivity contribution in [2.24, 2.45) is 0 Å². The van der Waals surface area contributed by atoms with E-state index in [1.807, 2.05) is 0 Å². The zero-order valence-corrected chi connectivity index (χ0v) is 15.0. The molecule has 2 aromatic carbocycles. The van der Waals surface area contributed by atoms with E-state index in [0.29, 0.717) is 17.1 Å². The van der Waals surface area contributed by atoms with Crippen molar-refractivity contribution in [1.29, 1.82) is 0 Å². The second-order valence-electron chi connectivity index (χ2n) is 5.64. The van der Waals surface area contributed by atoms with E-state index in [1.165, 1.54) is 25.1 Å². The number of carbonyl (C=O) groups is 2. The number of halogens is 2. The van der Waals surface area contributed by atoms with Gasteiger partial charge in [0, 0.05) is 6.08 Å². The van der Waals surface area contributed by atoms with Gasteiger partial charge in [-0.2, -0.15) is 0 Å². The van der Waals surface area contributed by atoms with Gasteiger partial charge >= 0.3 is 5.97 Å². The number of hydrogen-bond donors (Lipinski definition) is 1. The topological polar surface area (TPSA) is 73.9 Å². The molecular weight excluding hydrogens is 377 g/mol. The Morgan fingerprint density at radius 3 is 2.78 bits per heavy atom. The molecule has 0 aliphatic carbocycles. The molecule has 140 valence electrons. The number of amides is 1. The van der Waals surface area contributed by atoms with Gasteiger partial charge in [-0.05, 0) is 48.9 Å². The number of rotatable bonds is 5. The Hall–Kier alpha value is -3.06. The molecule has 2 aromatic rings. The molecule has 6 nitrogen and oxygen atoms in total. The Balaban J connectivity index is 1.55. The number of hydrogen-bond acceptors (Lipinski definition) is 5. The lowest BCUT2D eigenvalue weighted by Gasteiger charge is -2.13. The minimum Gasteiger partial charge on any atom is -0.454 e. The molecule has 0 aromatic heterocycles. The molecular formula is C19H15ClFNO5. The molecule has 1 N–H and O–H groups in total. The molecule has 3 rings (SSSR count). The molecule has 1 heterocycles. The van der Waals surface area contributed by atoms with Crippen LogP contribution >= 0.6 is 11.6 Å². The summed E-state index contributed by atoms with van der Waals surface area (Å²) in [5.74, 6) is -0.575. The Labute approximate surface area is 159 Å². The first-order valence-corrected chi connectivity index (χ1v) is 8.34. The number of benzene rings is 2. The van der Waals surface area contributed by atoms with E-state index in [9.17, 15) is 14.0 Å². The Morgan fingerprint density at radius 1 is 1.22 bits per heavy atom. The van der Waals surface area contributed by atoms with Crippen LogP contribution in [0.4, 0.5) is 10.1 Å². The van der Waals surface area contributed by atoms with E-state index in [2.05, 4.69) is 5.32 Å². The molecule has 1 aliphatic rings. The van der Waals surface area contributed by atoms with Gasteiger partial charge in [0.05, 0.1) is 10.7 Å². The predicted octanol–water partition coefficient (Wildman–Crippen LogP) is 3.79. The highest BCUT2D eigenvalue weighted by Gasteiger charge is 2.18. The summed E-state index contributed by atoms with van der Waals surface area (Å²) in [4.78, 5) is 24.0. The van der Waals surface area contributed by atoms with Crippen LogP contribution in [0.15, 0.2) is 42.5 Å². The summed E-state index contributed by atoms with van der Waals surface area (Å²) < 4.78 is 28.5. The molecule has 1 aliphatic heterocycles. The van der Waals surface area contributed by atoms with Crippen molar-refractivity contribution in [3.8, 4) is 11.5 Å². The van der Waals surface area contributed by atoms with Crippen molar-refractivity contribution in [2.75, 3.05) is 12.1 Å². The Kier molecular flexibility index (Phi) is 5.61. The number of ether oxygens (including phenoxy) is 3. The second-order valence-corrected chi connectivity index (χ2v) is 6.05. The van der Waals surface area contributed by atoms with Crippen LogP contribution in [0.2, 0.25) is 5.02 Å². The highest BCUT2D eigenvalue weighted by molar-refractivity contribution is 6.33. The van der Waals surface area contributed by atoms with Crippen LogP contribution in [0.5, 0.6) is 11.5 Å². The van der Waals surface area contributed by atoms with Crippen LogP contribution in [-0.2, 0) is 14.3 Å². The lowest BCUT2D eigenvalue weighted by atomic mass is 10.2. The molecule has 1 amide bonds. The van der Waals surface area contributed by atoms with Crippen LogP contribution < -0.4 is 14.8 Å². The van der Waals surface area contributed by atoms with E-state index < -0.39 is 23.8 Å². The third kappa shape index (κ3) is 4.77. The Bertz CT molecular complexity index is 915. The highest BCUT2D eigenvalue weighted by Crippen LogP contribution is 2.32. The van der Waals surface area contributed by atoms with Crippen LogP contribution in [0.1, 0.15) is 12.5 Å². The van der Waals surface area contributed by atoms with Crippen LogP contribution in [0.3, 0.4) is 0 Å². The maximum Gasteiger partial charge on any atom is 0.331 e. The van der Waals surface area contributed by atoms with Crippen molar-refractivity contribution >= 4 is 35.2 Å². The predicted molar refractivity (Wildman–Crippen MR) is 97.2 cm³/mol. The monoisotopic (exact) mass is 391 g/mol. The van der Waals surface area contributed by atoms with E-state index in [0.717, 1.165) is 12.1 Å². The van der Waals surface area contributed by atoms with Crippen LogP contribution in [-0.4, -0.2) is 24.8 Å².